The molecule has 4 rings (SSSR count). The number of rotatable bonds is 2. The van der Waals surface area contributed by atoms with E-state index in [0.29, 0.717) is 17.3 Å². The summed E-state index contributed by atoms with van der Waals surface area (Å²) in [5.74, 6) is 1.10. The average molecular weight is 322 g/mol. The topological polar surface area (TPSA) is 57.3 Å². The molecule has 0 aromatic rings. The number of epoxide rings is 1. The molecule has 4 fully saturated rings. The van der Waals surface area contributed by atoms with Crippen LogP contribution in [0.25, 0.3) is 0 Å². The van der Waals surface area contributed by atoms with Crippen LogP contribution in [0.4, 0.5) is 0 Å². The molecule has 1 spiro atoms. The van der Waals surface area contributed by atoms with Crippen molar-refractivity contribution >= 4 is 5.97 Å². The number of hydrogen-bond donors (Lipinski definition) is 0. The number of carbonyl (C=O) groups is 1. The minimum Gasteiger partial charge on any atom is -0.435 e. The van der Waals surface area contributed by atoms with E-state index in [1.807, 2.05) is 0 Å². The molecule has 2 aliphatic carbocycles. The fourth-order valence-corrected chi connectivity index (χ4v) is 5.40. The molecule has 0 aromatic carbocycles. The second kappa shape index (κ2) is 4.80. The van der Waals surface area contributed by atoms with Gasteiger partial charge in [-0.25, -0.2) is 0 Å². The molecule has 7 unspecified atom stereocenters. The van der Waals surface area contributed by atoms with Crippen LogP contribution in [0.3, 0.4) is 0 Å². The molecular formula is C18H26O5. The zero-order chi connectivity index (χ0) is 16.6. The van der Waals surface area contributed by atoms with Gasteiger partial charge in [0.15, 0.2) is 6.29 Å². The third-order valence-electron chi connectivity index (χ3n) is 6.69. The van der Waals surface area contributed by atoms with Crippen LogP contribution >= 0.6 is 0 Å². The molecule has 7 atom stereocenters. The largest absolute Gasteiger partial charge is 0.435 e. The second-order valence-corrected chi connectivity index (χ2v) is 8.15. The summed E-state index contributed by atoms with van der Waals surface area (Å²) < 4.78 is 22.9. The standard InChI is InChI=1S/C18H26O5/c1-9-12-13-11(17(13,3)4)6-7-18(8-21-18)14(12)16(22-10(2)19)23-15(9)20-5/h11-16H,1,6-8H2,2-5H3. The van der Waals surface area contributed by atoms with Crippen molar-refractivity contribution < 1.29 is 23.7 Å². The Balaban J connectivity index is 1.74. The van der Waals surface area contributed by atoms with Gasteiger partial charge in [-0.3, -0.25) is 4.79 Å². The second-order valence-electron chi connectivity index (χ2n) is 8.15. The molecule has 0 amide bonds. The molecule has 2 saturated heterocycles. The van der Waals surface area contributed by atoms with Gasteiger partial charge in [-0.1, -0.05) is 20.4 Å². The van der Waals surface area contributed by atoms with Crippen molar-refractivity contribution in [3.05, 3.63) is 12.2 Å². The molecule has 4 aliphatic rings. The zero-order valence-electron chi connectivity index (χ0n) is 14.3. The molecule has 128 valence electrons. The van der Waals surface area contributed by atoms with Gasteiger partial charge in [0.2, 0.25) is 6.29 Å². The van der Waals surface area contributed by atoms with Gasteiger partial charge in [-0.2, -0.15) is 0 Å². The van der Waals surface area contributed by atoms with Crippen molar-refractivity contribution in [2.24, 2.45) is 29.1 Å². The van der Waals surface area contributed by atoms with E-state index in [0.717, 1.165) is 25.0 Å². The summed E-state index contributed by atoms with van der Waals surface area (Å²) >= 11 is 0. The summed E-state index contributed by atoms with van der Waals surface area (Å²) in [6.45, 7) is 11.1. The number of ether oxygens (including phenoxy) is 4. The van der Waals surface area contributed by atoms with Crippen LogP contribution < -0.4 is 0 Å². The molecule has 23 heavy (non-hydrogen) atoms. The summed E-state index contributed by atoms with van der Waals surface area (Å²) in [5, 5.41) is 0. The monoisotopic (exact) mass is 322 g/mol. The van der Waals surface area contributed by atoms with Crippen LogP contribution in [0.2, 0.25) is 0 Å². The Hall–Kier alpha value is -0.910. The lowest BCUT2D eigenvalue weighted by Gasteiger charge is -2.44. The molecular weight excluding hydrogens is 296 g/mol. The SMILES string of the molecule is C=C1C(OC)OC(OC(C)=O)C2C1C1C(CCC23CO3)C1(C)C. The maximum atomic E-state index is 11.6. The highest BCUT2D eigenvalue weighted by Gasteiger charge is 2.72. The van der Waals surface area contributed by atoms with Crippen molar-refractivity contribution in [1.29, 1.82) is 0 Å². The van der Waals surface area contributed by atoms with Crippen LogP contribution in [0, 0.1) is 29.1 Å². The molecule has 5 heteroatoms. The molecule has 0 radical (unpaired) electrons. The Bertz CT molecular complexity index is 550. The van der Waals surface area contributed by atoms with Gasteiger partial charge >= 0.3 is 5.97 Å². The molecule has 2 aliphatic heterocycles. The molecule has 2 saturated carbocycles. The summed E-state index contributed by atoms with van der Waals surface area (Å²) in [4.78, 5) is 11.6. The van der Waals surface area contributed by atoms with Gasteiger partial charge in [-0.15, -0.1) is 0 Å². The summed E-state index contributed by atoms with van der Waals surface area (Å²) in [5.41, 5.74) is 1.05. The number of carbonyl (C=O) groups excluding carboxylic acids is 1. The fourth-order valence-electron chi connectivity index (χ4n) is 5.40. The number of esters is 1. The Morgan fingerprint density at radius 3 is 2.61 bits per heavy atom. The van der Waals surface area contributed by atoms with Crippen molar-refractivity contribution in [2.75, 3.05) is 13.7 Å². The van der Waals surface area contributed by atoms with Crippen LogP contribution in [0.15, 0.2) is 12.2 Å². The van der Waals surface area contributed by atoms with E-state index in [1.54, 1.807) is 7.11 Å². The first kappa shape index (κ1) is 15.6. The average Bonchev–Trinajstić information content (AvgIpc) is 3.35. The van der Waals surface area contributed by atoms with E-state index in [4.69, 9.17) is 18.9 Å². The number of fused-ring (bicyclic) bond motifs is 4. The van der Waals surface area contributed by atoms with E-state index in [1.165, 1.54) is 6.92 Å². The Kier molecular flexibility index (Phi) is 3.26. The van der Waals surface area contributed by atoms with E-state index in [-0.39, 0.29) is 23.4 Å². The molecule has 0 bridgehead atoms. The Morgan fingerprint density at radius 2 is 2.04 bits per heavy atom. The third-order valence-corrected chi connectivity index (χ3v) is 6.69. The van der Waals surface area contributed by atoms with Crippen molar-refractivity contribution in [3.8, 4) is 0 Å². The molecule has 5 nitrogen and oxygen atoms in total. The van der Waals surface area contributed by atoms with Gasteiger partial charge in [0.25, 0.3) is 0 Å². The minimum atomic E-state index is -0.620. The van der Waals surface area contributed by atoms with E-state index in [9.17, 15) is 4.79 Å². The van der Waals surface area contributed by atoms with Gasteiger partial charge in [0, 0.05) is 14.0 Å². The maximum absolute atomic E-state index is 11.6. The zero-order valence-corrected chi connectivity index (χ0v) is 14.3. The molecule has 0 aromatic heterocycles. The Labute approximate surface area is 137 Å². The van der Waals surface area contributed by atoms with Gasteiger partial charge in [0.05, 0.1) is 12.5 Å². The van der Waals surface area contributed by atoms with Crippen LogP contribution in [-0.2, 0) is 23.7 Å². The number of methoxy groups -OCH3 is 1. The maximum Gasteiger partial charge on any atom is 0.304 e. The summed E-state index contributed by atoms with van der Waals surface area (Å²) in [6, 6.07) is 0. The van der Waals surface area contributed by atoms with Crippen molar-refractivity contribution in [3.63, 3.8) is 0 Å². The first-order chi connectivity index (χ1) is 10.8. The lowest BCUT2D eigenvalue weighted by Crippen LogP contribution is -2.52. The minimum absolute atomic E-state index is 0.0158. The lowest BCUT2D eigenvalue weighted by atomic mass is 9.71. The smallest absolute Gasteiger partial charge is 0.304 e. The first-order valence-corrected chi connectivity index (χ1v) is 8.50. The highest BCUT2D eigenvalue weighted by Crippen LogP contribution is 2.72. The summed E-state index contributed by atoms with van der Waals surface area (Å²) in [7, 11) is 1.61. The predicted molar refractivity (Wildman–Crippen MR) is 82.2 cm³/mol. The molecule has 0 N–H and O–H groups in total. The first-order valence-electron chi connectivity index (χ1n) is 8.50. The van der Waals surface area contributed by atoms with Gasteiger partial charge in [0.1, 0.15) is 5.60 Å². The predicted octanol–water partition coefficient (Wildman–Crippen LogP) is 2.50. The normalized spacial score (nSPS) is 49.8. The highest BCUT2D eigenvalue weighted by molar-refractivity contribution is 5.66. The fraction of sp³-hybridized carbons (Fsp3) is 0.833. The van der Waals surface area contributed by atoms with Crippen LogP contribution in [0.5, 0.6) is 0 Å². The van der Waals surface area contributed by atoms with E-state index < -0.39 is 12.6 Å². The summed E-state index contributed by atoms with van der Waals surface area (Å²) in [6.07, 6.45) is 1.02. The van der Waals surface area contributed by atoms with Gasteiger partial charge < -0.3 is 18.9 Å². The third kappa shape index (κ3) is 2.13. The van der Waals surface area contributed by atoms with E-state index >= 15 is 0 Å². The number of hydrogen-bond acceptors (Lipinski definition) is 5. The Morgan fingerprint density at radius 1 is 1.35 bits per heavy atom. The van der Waals surface area contributed by atoms with Crippen molar-refractivity contribution in [1.82, 2.24) is 0 Å². The molecule has 2 heterocycles. The van der Waals surface area contributed by atoms with Crippen molar-refractivity contribution in [2.45, 2.75) is 51.8 Å². The lowest BCUT2D eigenvalue weighted by molar-refractivity contribution is -0.271. The van der Waals surface area contributed by atoms with Crippen LogP contribution in [0.1, 0.15) is 33.6 Å². The highest BCUT2D eigenvalue weighted by atomic mass is 16.8. The van der Waals surface area contributed by atoms with Gasteiger partial charge in [-0.05, 0) is 41.6 Å². The van der Waals surface area contributed by atoms with Crippen LogP contribution in [-0.4, -0.2) is 37.9 Å². The van der Waals surface area contributed by atoms with E-state index in [2.05, 4.69) is 20.4 Å². The quantitative estimate of drug-likeness (QED) is 0.444.